The van der Waals surface area contributed by atoms with E-state index in [4.69, 9.17) is 16.9 Å². The summed E-state index contributed by atoms with van der Waals surface area (Å²) in [6.07, 6.45) is 0. The van der Waals surface area contributed by atoms with Crippen molar-refractivity contribution in [2.75, 3.05) is 0 Å². The van der Waals surface area contributed by atoms with Gasteiger partial charge >= 0.3 is 59.1 Å². The molecule has 0 amide bonds. The Balaban J connectivity index is -0.000000107. The second-order valence-electron chi connectivity index (χ2n) is 4.70. The van der Waals surface area contributed by atoms with E-state index < -0.39 is 20.0 Å². The molecule has 0 aromatic heterocycles. The molecule has 5 N–H and O–H groups in total. The number of primary sulfonamides is 1. The Morgan fingerprint density at radius 2 is 1.38 bits per heavy atom. The number of nitrogens with one attached hydrogen (secondary N) is 1. The molecule has 2 aromatic rings. The van der Waals surface area contributed by atoms with E-state index >= 15 is 0 Å². The largest absolute Gasteiger partial charge is 1.00 e. The van der Waals surface area contributed by atoms with Gasteiger partial charge in [-0.25, -0.2) is 22.0 Å². The van der Waals surface area contributed by atoms with Gasteiger partial charge in [-0.15, -0.1) is 4.24 Å². The predicted octanol–water partition coefficient (Wildman–Crippen LogP) is -4.52. The fourth-order valence-electron chi connectivity index (χ4n) is 1.64. The molecule has 0 aliphatic rings. The molecule has 7 nitrogen and oxygen atoms in total. The van der Waals surface area contributed by atoms with Crippen molar-refractivity contribution in [1.82, 2.24) is 4.24 Å². The first kappa shape index (κ1) is 31.2. The van der Waals surface area contributed by atoms with Crippen LogP contribution in [0.5, 0.6) is 0 Å². The van der Waals surface area contributed by atoms with Crippen LogP contribution in [0.25, 0.3) is 0 Å². The maximum Gasteiger partial charge on any atom is 1.00 e. The van der Waals surface area contributed by atoms with Gasteiger partial charge in [0.05, 0.1) is 9.79 Å². The number of benzene rings is 2. The second kappa shape index (κ2) is 13.6. The molecular weight excluding hydrogens is 422 g/mol. The number of aryl methyl sites for hydroxylation is 2. The van der Waals surface area contributed by atoms with E-state index in [1.165, 1.54) is 18.2 Å². The van der Waals surface area contributed by atoms with Crippen LogP contribution < -0.4 is 68.5 Å². The number of halogens is 1. The van der Waals surface area contributed by atoms with Crippen molar-refractivity contribution in [3.8, 4) is 0 Å². The van der Waals surface area contributed by atoms with Crippen LogP contribution in [0.4, 0.5) is 0 Å². The zero-order valence-corrected chi connectivity index (χ0v) is 21.4. The van der Waals surface area contributed by atoms with E-state index in [1.807, 2.05) is 6.92 Å². The standard InChI is InChI=1S/C7H8ClNO2S.C7H9NO2S.2Na.H2O.2H/c1-6-2-4-7(5-3-6)12(10,11)9-8;1-6-4-2-3-5-7(6)11(8,9)10;;;;;/h2-5,9H,1H3;2-5H,1H3,(H2,8,9,10);;;1H2;;/q;;2*+1;;2*-1. The number of sulfonamides is 2. The third-order valence-corrected chi connectivity index (χ3v) is 5.61. The molecular formula is C14H21ClN2Na2O5S2. The third kappa shape index (κ3) is 10.2. The van der Waals surface area contributed by atoms with Gasteiger partial charge in [0.15, 0.2) is 0 Å². The quantitative estimate of drug-likeness (QED) is 0.365. The van der Waals surface area contributed by atoms with Gasteiger partial charge < -0.3 is 8.33 Å². The molecule has 2 aromatic carbocycles. The maximum atomic E-state index is 11.1. The summed E-state index contributed by atoms with van der Waals surface area (Å²) in [5.74, 6) is 0. The van der Waals surface area contributed by atoms with Crippen LogP contribution in [0.1, 0.15) is 14.0 Å². The van der Waals surface area contributed by atoms with Crippen LogP contribution in [-0.4, -0.2) is 22.3 Å². The molecule has 0 atom stereocenters. The Kier molecular flexibility index (Phi) is 16.4. The molecule has 0 aliphatic carbocycles. The van der Waals surface area contributed by atoms with Crippen molar-refractivity contribution in [2.24, 2.45) is 5.14 Å². The minimum Gasteiger partial charge on any atom is -1.00 e. The average molecular weight is 443 g/mol. The summed E-state index contributed by atoms with van der Waals surface area (Å²) >= 11 is 5.03. The first-order valence-corrected chi connectivity index (χ1v) is 9.76. The number of hydrogen-bond acceptors (Lipinski definition) is 4. The normalized spacial score (nSPS) is 10.2. The first-order chi connectivity index (χ1) is 10.6. The SMILES string of the molecule is Cc1ccc(S(=O)(=O)NCl)cc1.Cc1ccccc1S(N)(=O)=O.O.[H-].[H-].[Na+].[Na+]. The molecule has 138 valence electrons. The molecule has 12 heteroatoms. The van der Waals surface area contributed by atoms with Crippen LogP contribution >= 0.6 is 11.8 Å². The molecule has 0 saturated heterocycles. The van der Waals surface area contributed by atoms with Gasteiger partial charge in [0.2, 0.25) is 10.0 Å². The molecule has 0 saturated carbocycles. The van der Waals surface area contributed by atoms with E-state index in [-0.39, 0.29) is 77.2 Å². The zero-order valence-electron chi connectivity index (χ0n) is 17.0. The van der Waals surface area contributed by atoms with Crippen molar-refractivity contribution in [1.29, 1.82) is 0 Å². The molecule has 0 unspecified atom stereocenters. The molecule has 2 rings (SSSR count). The van der Waals surface area contributed by atoms with Crippen LogP contribution in [0.3, 0.4) is 0 Å². The molecule has 0 bridgehead atoms. The molecule has 0 radical (unpaired) electrons. The molecule has 0 heterocycles. The summed E-state index contributed by atoms with van der Waals surface area (Å²) in [7, 11) is -7.03. The van der Waals surface area contributed by atoms with Gasteiger partial charge in [0, 0.05) is 0 Å². The summed E-state index contributed by atoms with van der Waals surface area (Å²) < 4.78 is 45.5. The van der Waals surface area contributed by atoms with Crippen LogP contribution in [0.15, 0.2) is 58.3 Å². The zero-order chi connectivity index (χ0) is 17.7. The molecule has 0 fully saturated rings. The van der Waals surface area contributed by atoms with Crippen molar-refractivity contribution in [2.45, 2.75) is 23.6 Å². The van der Waals surface area contributed by atoms with Crippen LogP contribution in [-0.2, 0) is 20.0 Å². The van der Waals surface area contributed by atoms with E-state index in [0.29, 0.717) is 5.56 Å². The molecule has 26 heavy (non-hydrogen) atoms. The van der Waals surface area contributed by atoms with E-state index in [9.17, 15) is 16.8 Å². The number of nitrogens with two attached hydrogens (primary N) is 1. The van der Waals surface area contributed by atoms with Gasteiger partial charge in [0.1, 0.15) is 0 Å². The Bertz CT molecular complexity index is 887. The molecule has 0 aliphatic heterocycles. The molecule has 0 spiro atoms. The number of rotatable bonds is 3. The summed E-state index contributed by atoms with van der Waals surface area (Å²) in [5, 5.41) is 4.93. The summed E-state index contributed by atoms with van der Waals surface area (Å²) in [6.45, 7) is 3.59. The maximum absolute atomic E-state index is 11.1. The first-order valence-electron chi connectivity index (χ1n) is 6.35. The Labute approximate surface area is 206 Å². The average Bonchev–Trinajstić information content (AvgIpc) is 2.47. The monoisotopic (exact) mass is 442 g/mol. The minimum atomic E-state index is -3.53. The Hall–Kier alpha value is 0.510. The van der Waals surface area contributed by atoms with Crippen molar-refractivity contribution < 1.29 is 84.3 Å². The summed E-state index contributed by atoms with van der Waals surface area (Å²) in [5.41, 5.74) is 1.68. The summed E-state index contributed by atoms with van der Waals surface area (Å²) in [4.78, 5) is 0.364. The van der Waals surface area contributed by atoms with Gasteiger partial charge in [-0.3, -0.25) is 0 Å². The van der Waals surface area contributed by atoms with E-state index in [1.54, 1.807) is 41.5 Å². The van der Waals surface area contributed by atoms with Gasteiger partial charge in [-0.2, -0.15) is 0 Å². The van der Waals surface area contributed by atoms with Gasteiger partial charge in [0.25, 0.3) is 10.0 Å². The third-order valence-electron chi connectivity index (χ3n) is 2.83. The number of hydrogen-bond donors (Lipinski definition) is 2. The predicted molar refractivity (Wildman–Crippen MR) is 95.7 cm³/mol. The van der Waals surface area contributed by atoms with E-state index in [0.717, 1.165) is 5.56 Å². The topological polar surface area (TPSA) is 138 Å². The van der Waals surface area contributed by atoms with E-state index in [2.05, 4.69) is 0 Å². The fourth-order valence-corrected chi connectivity index (χ4v) is 3.27. The second-order valence-corrected chi connectivity index (χ2v) is 8.33. The Morgan fingerprint density at radius 3 is 1.73 bits per heavy atom. The van der Waals surface area contributed by atoms with Crippen LogP contribution in [0.2, 0.25) is 0 Å². The van der Waals surface area contributed by atoms with Crippen molar-refractivity contribution in [3.63, 3.8) is 0 Å². The van der Waals surface area contributed by atoms with Crippen molar-refractivity contribution in [3.05, 3.63) is 59.7 Å². The smallest absolute Gasteiger partial charge is 1.00 e. The fraction of sp³-hybridized carbons (Fsp3) is 0.143. The van der Waals surface area contributed by atoms with Crippen LogP contribution in [0, 0.1) is 13.8 Å². The van der Waals surface area contributed by atoms with Crippen molar-refractivity contribution >= 4 is 31.8 Å². The van der Waals surface area contributed by atoms with Gasteiger partial charge in [-0.1, -0.05) is 35.9 Å². The Morgan fingerprint density at radius 1 is 0.923 bits per heavy atom. The summed E-state index contributed by atoms with van der Waals surface area (Å²) in [6, 6.07) is 13.0. The minimum absolute atomic E-state index is 0. The van der Waals surface area contributed by atoms with Gasteiger partial charge in [-0.05, 0) is 49.4 Å².